The number of anilines is 1. The highest BCUT2D eigenvalue weighted by Gasteiger charge is 2.32. The summed E-state index contributed by atoms with van der Waals surface area (Å²) in [5.41, 5.74) is 2.09. The lowest BCUT2D eigenvalue weighted by Crippen LogP contribution is -2.36. The highest BCUT2D eigenvalue weighted by molar-refractivity contribution is 7.89. The van der Waals surface area contributed by atoms with Crippen molar-refractivity contribution in [3.63, 3.8) is 0 Å². The van der Waals surface area contributed by atoms with Gasteiger partial charge in [0.15, 0.2) is 11.6 Å². The second kappa shape index (κ2) is 7.66. The highest BCUT2D eigenvalue weighted by Crippen LogP contribution is 2.30. The summed E-state index contributed by atoms with van der Waals surface area (Å²) in [4.78, 5) is 12.5. The Morgan fingerprint density at radius 3 is 2.55 bits per heavy atom. The third-order valence-corrected chi connectivity index (χ3v) is 7.66. The van der Waals surface area contributed by atoms with Gasteiger partial charge in [0.1, 0.15) is 9.77 Å². The van der Waals surface area contributed by atoms with E-state index in [2.05, 4.69) is 5.32 Å². The molecular formula is C20H16F2N2O3S2. The molecule has 150 valence electrons. The van der Waals surface area contributed by atoms with Crippen molar-refractivity contribution in [3.05, 3.63) is 81.5 Å². The normalized spacial score (nSPS) is 14.4. The van der Waals surface area contributed by atoms with Crippen molar-refractivity contribution in [2.24, 2.45) is 0 Å². The number of thiophene rings is 1. The van der Waals surface area contributed by atoms with Crippen LogP contribution >= 0.6 is 11.3 Å². The van der Waals surface area contributed by atoms with E-state index in [0.717, 1.165) is 34.6 Å². The fraction of sp³-hybridized carbons (Fsp3) is 0.150. The van der Waals surface area contributed by atoms with Gasteiger partial charge in [-0.25, -0.2) is 17.2 Å². The topological polar surface area (TPSA) is 66.5 Å². The Kier molecular flexibility index (Phi) is 5.20. The largest absolute Gasteiger partial charge is 0.321 e. The first-order valence-corrected chi connectivity index (χ1v) is 11.1. The van der Waals surface area contributed by atoms with Gasteiger partial charge in [-0.3, -0.25) is 4.79 Å². The van der Waals surface area contributed by atoms with Gasteiger partial charge in [0.25, 0.3) is 5.91 Å². The Bertz CT molecular complexity index is 1190. The number of amides is 1. The van der Waals surface area contributed by atoms with E-state index >= 15 is 0 Å². The zero-order valence-corrected chi connectivity index (χ0v) is 16.7. The molecule has 9 heteroatoms. The number of carbonyl (C=O) groups is 1. The van der Waals surface area contributed by atoms with Gasteiger partial charge in [-0.05, 0) is 41.1 Å². The molecule has 2 heterocycles. The van der Waals surface area contributed by atoms with Crippen molar-refractivity contribution in [3.8, 4) is 0 Å². The van der Waals surface area contributed by atoms with E-state index < -0.39 is 27.6 Å². The molecule has 1 N–H and O–H groups in total. The predicted molar refractivity (Wildman–Crippen MR) is 106 cm³/mol. The standard InChI is InChI=1S/C20H16F2N2O3S2/c21-16-6-5-15(11-17(16)22)23-20(25)19-18(8-10-28-19)29(26,27)24-9-7-13-3-1-2-4-14(13)12-24/h1-6,8,10-11H,7,9,12H2,(H,23,25). The molecule has 0 fully saturated rings. The minimum atomic E-state index is -3.90. The van der Waals surface area contributed by atoms with Crippen LogP contribution in [0.15, 0.2) is 58.8 Å². The Morgan fingerprint density at radius 2 is 1.79 bits per heavy atom. The molecule has 3 aromatic rings. The lowest BCUT2D eigenvalue weighted by atomic mass is 10.0. The zero-order chi connectivity index (χ0) is 20.6. The Labute approximate surface area is 170 Å². The Hall–Kier alpha value is -2.62. The van der Waals surface area contributed by atoms with Crippen LogP contribution in [0.3, 0.4) is 0 Å². The maximum absolute atomic E-state index is 13.4. The number of sulfonamides is 1. The molecular weight excluding hydrogens is 418 g/mol. The maximum Gasteiger partial charge on any atom is 0.267 e. The van der Waals surface area contributed by atoms with Crippen LogP contribution in [0.1, 0.15) is 20.8 Å². The van der Waals surface area contributed by atoms with Crippen LogP contribution in [0, 0.1) is 11.6 Å². The monoisotopic (exact) mass is 434 g/mol. The fourth-order valence-corrected chi connectivity index (χ4v) is 5.96. The molecule has 1 aromatic heterocycles. The zero-order valence-electron chi connectivity index (χ0n) is 15.1. The molecule has 0 radical (unpaired) electrons. The van der Waals surface area contributed by atoms with Gasteiger partial charge in [0.2, 0.25) is 10.0 Å². The van der Waals surface area contributed by atoms with Crippen molar-refractivity contribution < 1.29 is 22.0 Å². The number of hydrogen-bond donors (Lipinski definition) is 1. The number of carbonyl (C=O) groups excluding carboxylic acids is 1. The first-order valence-electron chi connectivity index (χ1n) is 8.77. The predicted octanol–water partition coefficient (Wildman–Crippen LogP) is 4.03. The Balaban J connectivity index is 1.59. The second-order valence-corrected chi connectivity index (χ2v) is 9.38. The van der Waals surface area contributed by atoms with Gasteiger partial charge in [0, 0.05) is 24.8 Å². The molecule has 0 unspecified atom stereocenters. The average Bonchev–Trinajstić information content (AvgIpc) is 3.21. The van der Waals surface area contributed by atoms with Crippen LogP contribution in [0.25, 0.3) is 0 Å². The fourth-order valence-electron chi connectivity index (χ4n) is 3.24. The molecule has 0 atom stereocenters. The van der Waals surface area contributed by atoms with Crippen LogP contribution in [0.2, 0.25) is 0 Å². The summed E-state index contributed by atoms with van der Waals surface area (Å²) in [6, 6.07) is 12.0. The average molecular weight is 434 g/mol. The molecule has 1 amide bonds. The third kappa shape index (κ3) is 3.81. The second-order valence-electron chi connectivity index (χ2n) is 6.55. The van der Waals surface area contributed by atoms with Gasteiger partial charge in [-0.2, -0.15) is 4.31 Å². The van der Waals surface area contributed by atoms with Crippen LogP contribution in [0.5, 0.6) is 0 Å². The smallest absolute Gasteiger partial charge is 0.267 e. The SMILES string of the molecule is O=C(Nc1ccc(F)c(F)c1)c1sccc1S(=O)(=O)N1CCc2ccccc2C1. The van der Waals surface area contributed by atoms with Gasteiger partial charge >= 0.3 is 0 Å². The quantitative estimate of drug-likeness (QED) is 0.674. The molecule has 1 aliphatic heterocycles. The molecule has 0 saturated heterocycles. The molecule has 1 aliphatic rings. The lowest BCUT2D eigenvalue weighted by molar-refractivity contribution is 0.102. The first kappa shape index (κ1) is 19.7. The van der Waals surface area contributed by atoms with Crippen molar-refractivity contribution >= 4 is 33.0 Å². The van der Waals surface area contributed by atoms with Crippen molar-refractivity contribution in [1.29, 1.82) is 0 Å². The summed E-state index contributed by atoms with van der Waals surface area (Å²) >= 11 is 0.975. The number of nitrogens with one attached hydrogen (secondary N) is 1. The lowest BCUT2D eigenvalue weighted by Gasteiger charge is -2.28. The van der Waals surface area contributed by atoms with E-state index in [9.17, 15) is 22.0 Å². The molecule has 0 saturated carbocycles. The number of hydrogen-bond acceptors (Lipinski definition) is 4. The summed E-state index contributed by atoms with van der Waals surface area (Å²) in [7, 11) is -3.90. The van der Waals surface area contributed by atoms with Crippen LogP contribution < -0.4 is 5.32 Å². The molecule has 0 aliphatic carbocycles. The minimum absolute atomic E-state index is 0.00593. The van der Waals surface area contributed by atoms with E-state index in [1.54, 1.807) is 0 Å². The third-order valence-electron chi connectivity index (χ3n) is 4.73. The van der Waals surface area contributed by atoms with E-state index in [0.29, 0.717) is 13.0 Å². The number of rotatable bonds is 4. The highest BCUT2D eigenvalue weighted by atomic mass is 32.2. The van der Waals surface area contributed by atoms with Crippen molar-refractivity contribution in [2.75, 3.05) is 11.9 Å². The summed E-state index contributed by atoms with van der Waals surface area (Å²) in [5, 5.41) is 3.94. The molecule has 4 rings (SSSR count). The molecule has 0 spiro atoms. The summed E-state index contributed by atoms with van der Waals surface area (Å²) < 4.78 is 54.2. The van der Waals surface area contributed by atoms with Gasteiger partial charge in [-0.1, -0.05) is 24.3 Å². The molecule has 5 nitrogen and oxygen atoms in total. The van der Waals surface area contributed by atoms with E-state index in [4.69, 9.17) is 0 Å². The van der Waals surface area contributed by atoms with Gasteiger partial charge in [-0.15, -0.1) is 11.3 Å². The number of nitrogens with zero attached hydrogens (tertiary/aromatic N) is 1. The van der Waals surface area contributed by atoms with Crippen molar-refractivity contribution in [2.45, 2.75) is 17.9 Å². The van der Waals surface area contributed by atoms with Crippen LogP contribution in [-0.2, 0) is 23.0 Å². The van der Waals surface area contributed by atoms with Gasteiger partial charge in [0.05, 0.1) is 0 Å². The van der Waals surface area contributed by atoms with Crippen LogP contribution in [-0.4, -0.2) is 25.2 Å². The molecule has 2 aromatic carbocycles. The van der Waals surface area contributed by atoms with E-state index in [1.165, 1.54) is 21.8 Å². The van der Waals surface area contributed by atoms with Crippen molar-refractivity contribution in [1.82, 2.24) is 4.31 Å². The first-order chi connectivity index (χ1) is 13.9. The van der Waals surface area contributed by atoms with E-state index in [-0.39, 0.29) is 22.0 Å². The maximum atomic E-state index is 13.4. The number of halogens is 2. The molecule has 29 heavy (non-hydrogen) atoms. The summed E-state index contributed by atoms with van der Waals surface area (Å²) in [5.74, 6) is -2.83. The molecule has 0 bridgehead atoms. The number of benzene rings is 2. The summed E-state index contributed by atoms with van der Waals surface area (Å²) in [6.45, 7) is 0.554. The van der Waals surface area contributed by atoms with Gasteiger partial charge < -0.3 is 5.32 Å². The minimum Gasteiger partial charge on any atom is -0.321 e. The Morgan fingerprint density at radius 1 is 1.03 bits per heavy atom. The summed E-state index contributed by atoms with van der Waals surface area (Å²) in [6.07, 6.45) is 0.593. The van der Waals surface area contributed by atoms with Crippen LogP contribution in [0.4, 0.5) is 14.5 Å². The number of fused-ring (bicyclic) bond motifs is 1. The van der Waals surface area contributed by atoms with E-state index in [1.807, 2.05) is 24.3 Å².